The molecule has 1 aliphatic rings. The van der Waals surface area contributed by atoms with Crippen molar-refractivity contribution in [2.24, 2.45) is 0 Å². The molecule has 11 rings (SSSR count). The zero-order valence-corrected chi connectivity index (χ0v) is 46.0. The van der Waals surface area contributed by atoms with Crippen LogP contribution in [0, 0.1) is 0 Å². The first-order valence-corrected chi connectivity index (χ1v) is 26.3. The van der Waals surface area contributed by atoms with Crippen LogP contribution in [0.2, 0.25) is 10.3 Å². The highest BCUT2D eigenvalue weighted by Crippen LogP contribution is 2.47. The Balaban J connectivity index is 0.000000156. The van der Waals surface area contributed by atoms with Crippen LogP contribution in [-0.4, -0.2) is 82.7 Å². The number of hydrogen-bond donors (Lipinski definition) is 3. The summed E-state index contributed by atoms with van der Waals surface area (Å²) in [6, 6.07) is 28.6. The van der Waals surface area contributed by atoms with E-state index in [0.29, 0.717) is 34.9 Å². The fourth-order valence-corrected chi connectivity index (χ4v) is 10.1. The first-order valence-electron chi connectivity index (χ1n) is 24.5. The predicted molar refractivity (Wildman–Crippen MR) is 298 cm³/mol. The van der Waals surface area contributed by atoms with E-state index in [0.717, 1.165) is 103 Å². The van der Waals surface area contributed by atoms with Crippen LogP contribution in [0.15, 0.2) is 135 Å². The lowest BCUT2D eigenvalue weighted by Crippen LogP contribution is -2.09. The van der Waals surface area contributed by atoms with Gasteiger partial charge in [0.05, 0.1) is 63.7 Å². The van der Waals surface area contributed by atoms with Crippen molar-refractivity contribution in [3.8, 4) is 23.0 Å². The summed E-state index contributed by atoms with van der Waals surface area (Å²) in [7, 11) is 6.44. The number of aromatic nitrogens is 9. The number of rotatable bonds is 13. The topological polar surface area (TPSA) is 180 Å². The highest BCUT2D eigenvalue weighted by Gasteiger charge is 2.34. The number of benzene rings is 4. The Kier molecular flexibility index (Phi) is 19.2. The van der Waals surface area contributed by atoms with Crippen molar-refractivity contribution in [1.82, 2.24) is 44.0 Å². The molecule has 406 valence electrons. The summed E-state index contributed by atoms with van der Waals surface area (Å²) < 4.78 is 64.0. The van der Waals surface area contributed by atoms with Gasteiger partial charge in [-0.15, -0.1) is 0 Å². The molecular weight excluding hydrogens is 1110 g/mol. The van der Waals surface area contributed by atoms with Gasteiger partial charge >= 0.3 is 6.18 Å². The maximum atomic E-state index is 13.0. The molecule has 2 unspecified atom stereocenters. The minimum absolute atomic E-state index is 0.0429. The molecule has 6 heterocycles. The van der Waals surface area contributed by atoms with Crippen LogP contribution < -0.4 is 18.9 Å². The van der Waals surface area contributed by atoms with Crippen molar-refractivity contribution in [1.29, 1.82) is 0 Å². The number of aromatic amines is 1. The summed E-state index contributed by atoms with van der Waals surface area (Å²) in [6.07, 6.45) is 8.67. The number of fused-ring (bicyclic) bond motifs is 3. The quantitative estimate of drug-likeness (QED) is 0.0735. The number of aliphatic hydroxyl groups is 2. The van der Waals surface area contributed by atoms with Crippen LogP contribution in [-0.2, 0) is 37.8 Å². The molecule has 1 aliphatic carbocycles. The highest BCUT2D eigenvalue weighted by molar-refractivity contribution is 9.08. The second-order valence-electron chi connectivity index (χ2n) is 17.9. The molecule has 0 saturated heterocycles. The number of nitrogens with one attached hydrogen (secondary N) is 1. The molecule has 0 aliphatic heterocycles. The van der Waals surface area contributed by atoms with Gasteiger partial charge in [0, 0.05) is 59.4 Å². The van der Waals surface area contributed by atoms with Gasteiger partial charge in [0.15, 0.2) is 11.5 Å². The standard InChI is InChI=1S/C27H26F3N3O2.C15H14ClN3O2.C9H11BrO2.C6H4ClN3/c1-35-24-13-17(5-6-19(24)15-34)14-33-12-11-23-25(31-16-32-26(23)33)22-4-2-3-21(22)18-7-9-20(10-8-18)27(28,29)30;1-21-13-6-10(2-3-11(13)8-20)7-19-5-4-12-14(16)17-9-18-15(12)19;1-11-8-4-3-7(6-10)5-9(8)12-2;7-5-4-1-2-8-6(4)10-3-9-5/h5-13,16,21-22,34H,2-4,14-15H2,1H3;2-6,9,20H,7-8H2,1H3;3-5H,6H2,1-2H3;1-3H,(H,8,9,10). The average Bonchev–Trinajstić information content (AvgIpc) is 4.33. The number of hydrogen-bond acceptors (Lipinski definition) is 12. The third kappa shape index (κ3) is 13.3. The van der Waals surface area contributed by atoms with Gasteiger partial charge in [-0.05, 0) is 95.6 Å². The monoisotopic (exact) mass is 1170 g/mol. The van der Waals surface area contributed by atoms with E-state index in [2.05, 4.69) is 55.4 Å². The van der Waals surface area contributed by atoms with Gasteiger partial charge in [-0.1, -0.05) is 88.0 Å². The minimum atomic E-state index is -4.34. The summed E-state index contributed by atoms with van der Waals surface area (Å²) in [4.78, 5) is 28.1. The molecule has 1 saturated carbocycles. The predicted octanol–water partition coefficient (Wildman–Crippen LogP) is 12.9. The SMILES string of the molecule is COc1cc(Cn2ccc3c(C4CCCC4c4ccc(C(F)(F)F)cc4)ncnc32)ccc1CO.COc1cc(Cn2ccc3c(Cl)ncnc32)ccc1CO.COc1ccc(CBr)cc1OC.Clc1ncnc2[nH]ccc12. The molecule has 78 heavy (non-hydrogen) atoms. The lowest BCUT2D eigenvalue weighted by molar-refractivity contribution is -0.137. The largest absolute Gasteiger partial charge is 0.496 e. The summed E-state index contributed by atoms with van der Waals surface area (Å²) in [5, 5.41) is 23.2. The number of aliphatic hydroxyl groups excluding tert-OH is 2. The van der Waals surface area contributed by atoms with Crippen molar-refractivity contribution in [3.63, 3.8) is 0 Å². The number of ether oxygens (including phenoxy) is 4. The number of nitrogens with zero attached hydrogens (tertiary/aromatic N) is 8. The molecule has 0 bridgehead atoms. The molecule has 0 radical (unpaired) electrons. The normalized spacial score (nSPS) is 14.0. The Morgan fingerprint density at radius 3 is 1.68 bits per heavy atom. The van der Waals surface area contributed by atoms with E-state index < -0.39 is 11.7 Å². The zero-order valence-electron chi connectivity index (χ0n) is 42.9. The van der Waals surface area contributed by atoms with Gasteiger partial charge in [0.25, 0.3) is 0 Å². The van der Waals surface area contributed by atoms with E-state index in [9.17, 15) is 23.4 Å². The van der Waals surface area contributed by atoms with Crippen molar-refractivity contribution in [2.45, 2.75) is 68.9 Å². The Hall–Kier alpha value is -7.29. The van der Waals surface area contributed by atoms with E-state index >= 15 is 0 Å². The molecule has 6 aromatic heterocycles. The lowest BCUT2D eigenvalue weighted by atomic mass is 9.85. The second kappa shape index (κ2) is 26.4. The fourth-order valence-electron chi connectivity index (χ4n) is 9.39. The van der Waals surface area contributed by atoms with E-state index in [1.165, 1.54) is 30.4 Å². The number of methoxy groups -OCH3 is 4. The highest BCUT2D eigenvalue weighted by atomic mass is 79.9. The molecule has 1 fully saturated rings. The van der Waals surface area contributed by atoms with Gasteiger partial charge in [0.2, 0.25) is 0 Å². The van der Waals surface area contributed by atoms with Crippen LogP contribution in [0.25, 0.3) is 33.1 Å². The van der Waals surface area contributed by atoms with E-state index in [4.69, 9.17) is 42.1 Å². The molecule has 0 spiro atoms. The maximum absolute atomic E-state index is 13.0. The van der Waals surface area contributed by atoms with Crippen LogP contribution in [0.1, 0.15) is 75.7 Å². The van der Waals surface area contributed by atoms with E-state index in [-0.39, 0.29) is 25.0 Å². The Morgan fingerprint density at radius 1 is 0.590 bits per heavy atom. The van der Waals surface area contributed by atoms with Crippen molar-refractivity contribution < 1.29 is 42.3 Å². The van der Waals surface area contributed by atoms with Gasteiger partial charge < -0.3 is 43.3 Å². The molecule has 21 heteroatoms. The van der Waals surface area contributed by atoms with Crippen LogP contribution in [0.4, 0.5) is 13.2 Å². The van der Waals surface area contributed by atoms with Crippen LogP contribution in [0.5, 0.6) is 23.0 Å². The first kappa shape index (κ1) is 56.9. The minimum Gasteiger partial charge on any atom is -0.496 e. The molecule has 3 N–H and O–H groups in total. The van der Waals surface area contributed by atoms with Gasteiger partial charge in [-0.2, -0.15) is 13.2 Å². The summed E-state index contributed by atoms with van der Waals surface area (Å²) in [5.74, 6) is 3.10. The molecule has 4 aromatic carbocycles. The van der Waals surface area contributed by atoms with Crippen molar-refractivity contribution >= 4 is 72.2 Å². The van der Waals surface area contributed by atoms with Crippen molar-refractivity contribution in [2.75, 3.05) is 28.4 Å². The summed E-state index contributed by atoms with van der Waals surface area (Å²) >= 11 is 15.1. The third-order valence-corrected chi connectivity index (χ3v) is 14.5. The molecule has 2 atom stereocenters. The molecule has 15 nitrogen and oxygen atoms in total. The number of alkyl halides is 4. The maximum Gasteiger partial charge on any atom is 0.416 e. The van der Waals surface area contributed by atoms with E-state index in [1.54, 1.807) is 53.1 Å². The fraction of sp³-hybridized carbons (Fsp3) is 0.263. The summed E-state index contributed by atoms with van der Waals surface area (Å²) in [5.41, 5.74) is 8.37. The van der Waals surface area contributed by atoms with Gasteiger partial charge in [-0.3, -0.25) is 0 Å². The van der Waals surface area contributed by atoms with Crippen molar-refractivity contribution in [3.05, 3.63) is 190 Å². The number of H-pyrrole nitrogens is 1. The molecular formula is C57H55BrCl2F3N9O6. The lowest BCUT2D eigenvalue weighted by Gasteiger charge is -2.21. The number of halogens is 6. The van der Waals surface area contributed by atoms with E-state index in [1.807, 2.05) is 89.8 Å². The van der Waals surface area contributed by atoms with Gasteiger partial charge in [-0.25, -0.2) is 29.9 Å². The zero-order chi connectivity index (χ0) is 55.3. The third-order valence-electron chi connectivity index (χ3n) is 13.3. The van der Waals surface area contributed by atoms with Gasteiger partial charge in [0.1, 0.15) is 57.7 Å². The Morgan fingerprint density at radius 2 is 1.12 bits per heavy atom. The Bertz CT molecular complexity index is 3600. The Labute approximate surface area is 466 Å². The molecule has 0 amide bonds. The van der Waals surface area contributed by atoms with Crippen LogP contribution >= 0.6 is 39.1 Å². The average molecular weight is 1170 g/mol. The first-order chi connectivity index (χ1) is 37.8. The summed E-state index contributed by atoms with van der Waals surface area (Å²) in [6.45, 7) is 1.08. The van der Waals surface area contributed by atoms with Crippen LogP contribution in [0.3, 0.4) is 0 Å². The smallest absolute Gasteiger partial charge is 0.416 e. The second-order valence-corrected chi connectivity index (χ2v) is 19.2. The molecule has 10 aromatic rings.